The fourth-order valence-corrected chi connectivity index (χ4v) is 5.32. The average molecular weight is 441 g/mol. The lowest BCUT2D eigenvalue weighted by Crippen LogP contribution is -2.22. The molecular weight excluding hydrogens is 430 g/mol. The van der Waals surface area contributed by atoms with E-state index in [0.29, 0.717) is 21.6 Å². The summed E-state index contributed by atoms with van der Waals surface area (Å²) in [6.45, 7) is 1.63. The number of rotatable bonds is 3. The van der Waals surface area contributed by atoms with Gasteiger partial charge in [-0.1, -0.05) is 23.5 Å². The van der Waals surface area contributed by atoms with Gasteiger partial charge < -0.3 is 5.32 Å². The van der Waals surface area contributed by atoms with Crippen molar-refractivity contribution >= 4 is 59.6 Å². The predicted molar refractivity (Wildman–Crippen MR) is 110 cm³/mol. The molecule has 1 aliphatic heterocycles. The highest BCUT2D eigenvalue weighted by atomic mass is 32.2. The van der Waals surface area contributed by atoms with Gasteiger partial charge in [0.05, 0.1) is 26.5 Å². The van der Waals surface area contributed by atoms with Crippen LogP contribution >= 0.6 is 11.3 Å². The molecule has 30 heavy (non-hydrogen) atoms. The number of thiazole rings is 1. The number of aryl methyl sites for hydroxylation is 1. The Balaban J connectivity index is 1.56. The summed E-state index contributed by atoms with van der Waals surface area (Å²) in [4.78, 5) is 14.9. The second-order valence-electron chi connectivity index (χ2n) is 6.36. The molecule has 1 N–H and O–H groups in total. The van der Waals surface area contributed by atoms with Crippen molar-refractivity contribution in [3.05, 3.63) is 58.3 Å². The maximum absolute atomic E-state index is 12.9. The Morgan fingerprint density at radius 2 is 2.00 bits per heavy atom. The summed E-state index contributed by atoms with van der Waals surface area (Å²) in [5.74, 6) is 0.187. The lowest BCUT2D eigenvalue weighted by atomic mass is 10.3. The lowest BCUT2D eigenvalue weighted by Gasteiger charge is -2.19. The van der Waals surface area contributed by atoms with Gasteiger partial charge in [-0.25, -0.2) is 4.98 Å². The molecule has 0 radical (unpaired) electrons. The van der Waals surface area contributed by atoms with E-state index in [1.54, 1.807) is 31.2 Å². The predicted octanol–water partition coefficient (Wildman–Crippen LogP) is 4.42. The van der Waals surface area contributed by atoms with E-state index in [0.717, 1.165) is 15.4 Å². The molecule has 1 aliphatic rings. The minimum atomic E-state index is -3.85. The van der Waals surface area contributed by atoms with Gasteiger partial charge in [-0.2, -0.15) is 13.5 Å². The van der Waals surface area contributed by atoms with E-state index in [9.17, 15) is 18.5 Å². The molecule has 0 aliphatic carbocycles. The number of hydrogen-bond acceptors (Lipinski definition) is 10. The Bertz CT molecular complexity index is 1490. The van der Waals surface area contributed by atoms with Crippen molar-refractivity contribution in [2.75, 3.05) is 5.32 Å². The highest BCUT2D eigenvalue weighted by Crippen LogP contribution is 2.41. The van der Waals surface area contributed by atoms with Crippen LogP contribution in [0.4, 0.5) is 28.0 Å². The number of anilines is 2. The van der Waals surface area contributed by atoms with Crippen LogP contribution in [0.5, 0.6) is 0 Å². The van der Waals surface area contributed by atoms with Crippen LogP contribution in [0.1, 0.15) is 5.69 Å². The highest BCUT2D eigenvalue weighted by Gasteiger charge is 2.33. The summed E-state index contributed by atoms with van der Waals surface area (Å²) in [5, 5.41) is 26.6. The van der Waals surface area contributed by atoms with E-state index < -0.39 is 14.9 Å². The maximum Gasteiger partial charge on any atom is 0.287 e. The zero-order valence-corrected chi connectivity index (χ0v) is 16.8. The van der Waals surface area contributed by atoms with Crippen molar-refractivity contribution in [3.63, 3.8) is 0 Å². The Morgan fingerprint density at radius 1 is 1.20 bits per heavy atom. The van der Waals surface area contributed by atoms with Gasteiger partial charge in [-0.3, -0.25) is 10.1 Å². The maximum atomic E-state index is 12.9. The van der Waals surface area contributed by atoms with Crippen LogP contribution in [0.25, 0.3) is 10.2 Å². The number of non-ortho nitro benzene ring substituents is 1. The van der Waals surface area contributed by atoms with Gasteiger partial charge in [-0.15, -0.1) is 14.3 Å². The zero-order chi connectivity index (χ0) is 21.0. The van der Waals surface area contributed by atoms with Crippen molar-refractivity contribution in [1.29, 1.82) is 0 Å². The molecule has 0 saturated carbocycles. The highest BCUT2D eigenvalue weighted by molar-refractivity contribution is 7.90. The van der Waals surface area contributed by atoms with Gasteiger partial charge in [-0.05, 0) is 25.1 Å². The minimum Gasteiger partial charge on any atom is -0.336 e. The van der Waals surface area contributed by atoms with Crippen LogP contribution in [0.15, 0.2) is 57.6 Å². The lowest BCUT2D eigenvalue weighted by molar-refractivity contribution is -0.384. The molecule has 4 aromatic rings. The molecule has 0 atom stereocenters. The molecule has 0 fully saturated rings. The molecule has 150 valence electrons. The van der Waals surface area contributed by atoms with Crippen LogP contribution in [0.3, 0.4) is 0 Å². The van der Waals surface area contributed by atoms with E-state index in [1.807, 2.05) is 0 Å². The summed E-state index contributed by atoms with van der Waals surface area (Å²) in [7, 11) is -3.85. The van der Waals surface area contributed by atoms with Gasteiger partial charge >= 0.3 is 0 Å². The summed E-state index contributed by atoms with van der Waals surface area (Å²) < 4.78 is 27.2. The quantitative estimate of drug-likeness (QED) is 0.248. The summed E-state index contributed by atoms with van der Waals surface area (Å²) in [5.41, 5.74) is 1.58. The fourth-order valence-electron chi connectivity index (χ4n) is 3.06. The van der Waals surface area contributed by atoms with E-state index in [1.165, 1.54) is 18.2 Å². The van der Waals surface area contributed by atoms with Gasteiger partial charge in [0.2, 0.25) is 5.13 Å². The van der Waals surface area contributed by atoms with E-state index in [-0.39, 0.29) is 27.2 Å². The third kappa shape index (κ3) is 2.74. The summed E-state index contributed by atoms with van der Waals surface area (Å²) in [6, 6.07) is 10.8. The Hall–Kier alpha value is -3.71. The van der Waals surface area contributed by atoms with Crippen molar-refractivity contribution in [2.24, 2.45) is 10.2 Å². The molecule has 0 unspecified atom stereocenters. The van der Waals surface area contributed by atoms with Crippen LogP contribution < -0.4 is 5.32 Å². The van der Waals surface area contributed by atoms with Crippen LogP contribution in [0, 0.1) is 17.0 Å². The first kappa shape index (κ1) is 18.3. The summed E-state index contributed by atoms with van der Waals surface area (Å²) >= 11 is 1.14. The summed E-state index contributed by atoms with van der Waals surface area (Å²) in [6.07, 6.45) is 0. The molecule has 0 bridgehead atoms. The normalized spacial score (nSPS) is 14.4. The van der Waals surface area contributed by atoms with Crippen molar-refractivity contribution < 1.29 is 13.3 Å². The molecule has 3 heterocycles. The first-order valence-corrected chi connectivity index (χ1v) is 10.8. The molecule has 0 amide bonds. The first-order valence-electron chi connectivity index (χ1n) is 8.52. The third-order valence-electron chi connectivity index (χ3n) is 4.45. The molecule has 0 saturated heterocycles. The number of nitrogens with zero attached hydrogens (tertiary/aromatic N) is 6. The molecule has 5 rings (SSSR count). The Labute approximate surface area is 172 Å². The first-order chi connectivity index (χ1) is 14.3. The van der Waals surface area contributed by atoms with Gasteiger partial charge in [0.25, 0.3) is 15.7 Å². The third-order valence-corrected chi connectivity index (χ3v) is 6.99. The van der Waals surface area contributed by atoms with E-state index >= 15 is 0 Å². The largest absolute Gasteiger partial charge is 0.336 e. The number of nitrogens with one attached hydrogen (secondary N) is 1. The second kappa shape index (κ2) is 6.40. The average Bonchev–Trinajstić information content (AvgIpc) is 3.26. The molecule has 11 nitrogen and oxygen atoms in total. The van der Waals surface area contributed by atoms with Gasteiger partial charge in [0.15, 0.2) is 11.5 Å². The smallest absolute Gasteiger partial charge is 0.287 e. The van der Waals surface area contributed by atoms with Gasteiger partial charge in [0.1, 0.15) is 4.90 Å². The monoisotopic (exact) mass is 441 g/mol. The standard InChI is InChI=1S/C17H11N7O4S2/c1-9-15(16-18-12-4-2-3-5-14(12)30(27,28)23(16)22-9)20-21-17-19-11-7-6-10(24(25)26)8-13(11)29-17/h2-8,18H,1H3. The number of para-hydroxylation sites is 1. The minimum absolute atomic E-state index is 0.0377. The number of hydrogen-bond donors (Lipinski definition) is 1. The van der Waals surface area contributed by atoms with Crippen molar-refractivity contribution in [2.45, 2.75) is 11.8 Å². The van der Waals surface area contributed by atoms with Crippen molar-refractivity contribution in [1.82, 2.24) is 14.2 Å². The molecule has 0 spiro atoms. The van der Waals surface area contributed by atoms with Crippen LogP contribution in [0.2, 0.25) is 0 Å². The molecule has 2 aromatic heterocycles. The molecular formula is C17H11N7O4S2. The number of benzene rings is 2. The second-order valence-corrected chi connectivity index (χ2v) is 9.10. The van der Waals surface area contributed by atoms with E-state index in [2.05, 4.69) is 25.6 Å². The van der Waals surface area contributed by atoms with Crippen LogP contribution in [-0.2, 0) is 10.0 Å². The van der Waals surface area contributed by atoms with E-state index in [4.69, 9.17) is 0 Å². The number of aromatic nitrogens is 3. The Kier molecular flexibility index (Phi) is 3.91. The van der Waals surface area contributed by atoms with Crippen molar-refractivity contribution in [3.8, 4) is 0 Å². The van der Waals surface area contributed by atoms with Gasteiger partial charge in [0, 0.05) is 12.1 Å². The number of azo groups is 1. The number of nitro groups is 1. The SMILES string of the molecule is Cc1nn2c(c1N=Nc1nc3ccc([N+](=O)[O-])cc3s1)Nc1ccccc1S2(=O)=O. The fraction of sp³-hybridized carbons (Fsp3) is 0.0588. The number of fused-ring (bicyclic) bond motifs is 3. The zero-order valence-electron chi connectivity index (χ0n) is 15.2. The Morgan fingerprint density at radius 3 is 2.80 bits per heavy atom. The molecule has 13 heteroatoms. The topological polar surface area (TPSA) is 145 Å². The molecule has 2 aromatic carbocycles. The number of nitro benzene ring substituents is 1. The van der Waals surface area contributed by atoms with Crippen LogP contribution in [-0.4, -0.2) is 27.5 Å².